The van der Waals surface area contributed by atoms with Crippen LogP contribution >= 0.6 is 0 Å². The van der Waals surface area contributed by atoms with Crippen molar-refractivity contribution in [3.05, 3.63) is 29.8 Å². The summed E-state index contributed by atoms with van der Waals surface area (Å²) in [5.74, 6) is -0.900. The Morgan fingerprint density at radius 2 is 1.71 bits per heavy atom. The zero-order valence-corrected chi connectivity index (χ0v) is 13.6. The van der Waals surface area contributed by atoms with Gasteiger partial charge in [-0.3, -0.25) is 9.59 Å². The van der Waals surface area contributed by atoms with Gasteiger partial charge in [-0.15, -0.1) is 0 Å². The molecule has 2 bridgehead atoms. The maximum atomic E-state index is 12.8. The fourth-order valence-corrected chi connectivity index (χ4v) is 3.72. The minimum Gasteiger partial charge on any atom is -0.448 e. The molecule has 1 saturated heterocycles. The molecule has 4 nitrogen and oxygen atoms in total. The third-order valence-electron chi connectivity index (χ3n) is 5.92. The standard InChI is InChI=1S/C17H18F3NO3/c1-14(2)15(3)8-9-16(14,24-13(15)23)12(22)21-11-6-4-10(5-7-11)17(18,19)20/h4-7H,8-9H2,1-3H3,(H,21,22)/t15-,16+/m1/s1. The number of carbonyl (C=O) groups excluding carboxylic acids is 2. The predicted molar refractivity (Wildman–Crippen MR) is 80.0 cm³/mol. The van der Waals surface area contributed by atoms with Gasteiger partial charge in [0.25, 0.3) is 5.91 Å². The van der Waals surface area contributed by atoms with E-state index >= 15 is 0 Å². The van der Waals surface area contributed by atoms with Crippen molar-refractivity contribution >= 4 is 17.6 Å². The monoisotopic (exact) mass is 341 g/mol. The van der Waals surface area contributed by atoms with Gasteiger partial charge in [-0.1, -0.05) is 13.8 Å². The highest BCUT2D eigenvalue weighted by atomic mass is 19.4. The number of esters is 1. The van der Waals surface area contributed by atoms with Crippen LogP contribution in [0.3, 0.4) is 0 Å². The molecule has 3 rings (SSSR count). The van der Waals surface area contributed by atoms with Crippen LogP contribution in [0.15, 0.2) is 24.3 Å². The molecule has 1 aliphatic carbocycles. The first-order valence-electron chi connectivity index (χ1n) is 7.66. The lowest BCUT2D eigenvalue weighted by molar-refractivity contribution is -0.165. The summed E-state index contributed by atoms with van der Waals surface area (Å²) in [5, 5.41) is 2.59. The molecule has 2 fully saturated rings. The van der Waals surface area contributed by atoms with E-state index in [-0.39, 0.29) is 5.69 Å². The molecule has 0 unspecified atom stereocenters. The molecule has 2 aliphatic rings. The molecule has 1 saturated carbocycles. The SMILES string of the molecule is CC1(C)[C@@]2(C(=O)Nc3ccc(C(F)(F)F)cc3)CC[C@]1(C)C(=O)O2. The number of halogens is 3. The Kier molecular flexibility index (Phi) is 3.32. The lowest BCUT2D eigenvalue weighted by Crippen LogP contribution is -2.50. The van der Waals surface area contributed by atoms with E-state index in [0.29, 0.717) is 12.8 Å². The summed E-state index contributed by atoms with van der Waals surface area (Å²) in [6.07, 6.45) is -3.49. The zero-order chi connectivity index (χ0) is 18.0. The first-order valence-corrected chi connectivity index (χ1v) is 7.66. The maximum absolute atomic E-state index is 12.8. The minimum absolute atomic E-state index is 0.231. The van der Waals surface area contributed by atoms with Crippen molar-refractivity contribution in [3.63, 3.8) is 0 Å². The molecular weight excluding hydrogens is 323 g/mol. The number of rotatable bonds is 2. The lowest BCUT2D eigenvalue weighted by atomic mass is 9.66. The van der Waals surface area contributed by atoms with Gasteiger partial charge in [0.15, 0.2) is 5.60 Å². The number of alkyl halides is 3. The highest BCUT2D eigenvalue weighted by Gasteiger charge is 2.75. The fourth-order valence-electron chi connectivity index (χ4n) is 3.72. The highest BCUT2D eigenvalue weighted by molar-refractivity contribution is 6.03. The van der Waals surface area contributed by atoms with Gasteiger partial charge in [-0.25, -0.2) is 0 Å². The van der Waals surface area contributed by atoms with Gasteiger partial charge in [0.2, 0.25) is 0 Å². The van der Waals surface area contributed by atoms with E-state index < -0.39 is 40.0 Å². The summed E-state index contributed by atoms with van der Waals surface area (Å²) in [4.78, 5) is 24.9. The Bertz CT molecular complexity index is 711. The maximum Gasteiger partial charge on any atom is 0.416 e. The molecule has 0 spiro atoms. The molecule has 0 radical (unpaired) electrons. The van der Waals surface area contributed by atoms with Crippen LogP contribution < -0.4 is 5.32 Å². The van der Waals surface area contributed by atoms with Crippen LogP contribution in [0.5, 0.6) is 0 Å². The Balaban J connectivity index is 1.85. The van der Waals surface area contributed by atoms with Gasteiger partial charge in [0, 0.05) is 11.1 Å². The average molecular weight is 341 g/mol. The smallest absolute Gasteiger partial charge is 0.416 e. The Morgan fingerprint density at radius 1 is 1.12 bits per heavy atom. The Labute approximate surface area is 137 Å². The fraction of sp³-hybridized carbons (Fsp3) is 0.529. The number of hydrogen-bond acceptors (Lipinski definition) is 3. The molecule has 1 aromatic rings. The van der Waals surface area contributed by atoms with Gasteiger partial charge in [-0.05, 0) is 44.0 Å². The van der Waals surface area contributed by atoms with Crippen molar-refractivity contribution in [2.75, 3.05) is 5.32 Å². The molecule has 24 heavy (non-hydrogen) atoms. The van der Waals surface area contributed by atoms with Crippen LogP contribution in [0.2, 0.25) is 0 Å². The average Bonchev–Trinajstić information content (AvgIpc) is 2.77. The highest BCUT2D eigenvalue weighted by Crippen LogP contribution is 2.65. The lowest BCUT2D eigenvalue weighted by Gasteiger charge is -2.35. The molecule has 130 valence electrons. The first kappa shape index (κ1) is 16.8. The molecule has 0 aromatic heterocycles. The van der Waals surface area contributed by atoms with Gasteiger partial charge >= 0.3 is 12.1 Å². The van der Waals surface area contributed by atoms with Crippen LogP contribution in [0, 0.1) is 10.8 Å². The van der Waals surface area contributed by atoms with Gasteiger partial charge in [0.1, 0.15) is 0 Å². The van der Waals surface area contributed by atoms with Crippen molar-refractivity contribution < 1.29 is 27.5 Å². The van der Waals surface area contributed by atoms with Gasteiger partial charge < -0.3 is 10.1 Å². The number of amides is 1. The molecule has 1 heterocycles. The van der Waals surface area contributed by atoms with Crippen molar-refractivity contribution in [2.24, 2.45) is 10.8 Å². The molecule has 1 N–H and O–H groups in total. The number of anilines is 1. The van der Waals surface area contributed by atoms with Gasteiger partial charge in [-0.2, -0.15) is 13.2 Å². The van der Waals surface area contributed by atoms with E-state index in [2.05, 4.69) is 5.32 Å². The second kappa shape index (κ2) is 4.74. The van der Waals surface area contributed by atoms with Crippen molar-refractivity contribution in [1.29, 1.82) is 0 Å². The van der Waals surface area contributed by atoms with E-state index in [1.165, 1.54) is 12.1 Å². The van der Waals surface area contributed by atoms with Crippen molar-refractivity contribution in [3.8, 4) is 0 Å². The van der Waals surface area contributed by atoms with E-state index in [9.17, 15) is 22.8 Å². The number of carbonyl (C=O) groups is 2. The van der Waals surface area contributed by atoms with Crippen LogP contribution in [0.4, 0.5) is 18.9 Å². The number of benzene rings is 1. The van der Waals surface area contributed by atoms with Gasteiger partial charge in [0.05, 0.1) is 11.0 Å². The van der Waals surface area contributed by atoms with Crippen molar-refractivity contribution in [1.82, 2.24) is 0 Å². The van der Waals surface area contributed by atoms with Crippen LogP contribution in [0.1, 0.15) is 39.2 Å². The summed E-state index contributed by atoms with van der Waals surface area (Å²) >= 11 is 0. The Morgan fingerprint density at radius 3 is 2.12 bits per heavy atom. The molecule has 1 aliphatic heterocycles. The summed E-state index contributed by atoms with van der Waals surface area (Å²) in [7, 11) is 0. The molecule has 1 amide bonds. The number of nitrogens with one attached hydrogen (secondary N) is 1. The summed E-state index contributed by atoms with van der Waals surface area (Å²) in [6, 6.07) is 4.18. The minimum atomic E-state index is -4.43. The third kappa shape index (κ3) is 1.99. The van der Waals surface area contributed by atoms with Crippen LogP contribution in [0.25, 0.3) is 0 Å². The van der Waals surface area contributed by atoms with E-state index in [1.54, 1.807) is 6.92 Å². The topological polar surface area (TPSA) is 55.4 Å². The Hall–Kier alpha value is -2.05. The molecule has 7 heteroatoms. The molecular formula is C17H18F3NO3. The predicted octanol–water partition coefficient (Wildman–Crippen LogP) is 3.77. The summed E-state index contributed by atoms with van der Waals surface area (Å²) in [6.45, 7) is 5.42. The van der Waals surface area contributed by atoms with Crippen LogP contribution in [-0.4, -0.2) is 17.5 Å². The number of ether oxygens (including phenoxy) is 1. The first-order chi connectivity index (χ1) is 10.9. The normalized spacial score (nSPS) is 31.0. The molecule has 2 atom stereocenters. The zero-order valence-electron chi connectivity index (χ0n) is 13.6. The number of fused-ring (bicyclic) bond motifs is 2. The van der Waals surface area contributed by atoms with Crippen molar-refractivity contribution in [2.45, 2.75) is 45.4 Å². The second-order valence-electron chi connectivity index (χ2n) is 7.20. The largest absolute Gasteiger partial charge is 0.448 e. The summed E-state index contributed by atoms with van der Waals surface area (Å²) < 4.78 is 43.2. The molecule has 1 aromatic carbocycles. The van der Waals surface area contributed by atoms with Crippen LogP contribution in [-0.2, 0) is 20.5 Å². The van der Waals surface area contributed by atoms with E-state index in [0.717, 1.165) is 12.1 Å². The number of hydrogen-bond donors (Lipinski definition) is 1. The quantitative estimate of drug-likeness (QED) is 0.833. The summed E-state index contributed by atoms with van der Waals surface area (Å²) in [5.41, 5.74) is -3.28. The van der Waals surface area contributed by atoms with E-state index in [4.69, 9.17) is 4.74 Å². The van der Waals surface area contributed by atoms with E-state index in [1.807, 2.05) is 13.8 Å². The second-order valence-corrected chi connectivity index (χ2v) is 7.20. The third-order valence-corrected chi connectivity index (χ3v) is 5.92.